The van der Waals surface area contributed by atoms with E-state index in [1.807, 2.05) is 4.90 Å². The highest BCUT2D eigenvalue weighted by Crippen LogP contribution is 2.14. The first kappa shape index (κ1) is 21.3. The molecule has 2 aliphatic rings. The zero-order valence-electron chi connectivity index (χ0n) is 16.2. The topological polar surface area (TPSA) is 144 Å². The lowest BCUT2D eigenvalue weighted by Gasteiger charge is -2.27. The second kappa shape index (κ2) is 9.41. The number of anilines is 1. The molecule has 0 bridgehead atoms. The van der Waals surface area contributed by atoms with Gasteiger partial charge >= 0.3 is 6.01 Å². The molecule has 2 amide bonds. The van der Waals surface area contributed by atoms with Crippen molar-refractivity contribution in [2.24, 2.45) is 0 Å². The number of morpholine rings is 1. The predicted octanol–water partition coefficient (Wildman–Crippen LogP) is -1.32. The first-order chi connectivity index (χ1) is 13.9. The van der Waals surface area contributed by atoms with E-state index in [0.29, 0.717) is 38.7 Å². The van der Waals surface area contributed by atoms with E-state index in [0.717, 1.165) is 4.90 Å². The molecule has 0 aromatic carbocycles. The number of imide groups is 1. The van der Waals surface area contributed by atoms with Crippen molar-refractivity contribution in [2.75, 3.05) is 50.6 Å². The number of methoxy groups -OCH3 is 1. The van der Waals surface area contributed by atoms with Crippen LogP contribution in [-0.4, -0.2) is 85.8 Å². The molecule has 3 rings (SSSR count). The number of rotatable bonds is 8. The van der Waals surface area contributed by atoms with E-state index in [4.69, 9.17) is 9.47 Å². The van der Waals surface area contributed by atoms with Crippen LogP contribution in [-0.2, 0) is 30.9 Å². The molecule has 1 aromatic heterocycles. The fraction of sp³-hybridized carbons (Fsp3) is 0.688. The van der Waals surface area contributed by atoms with Gasteiger partial charge in [-0.1, -0.05) is 0 Å². The zero-order valence-corrected chi connectivity index (χ0v) is 17.0. The number of sulfonamides is 1. The summed E-state index contributed by atoms with van der Waals surface area (Å²) in [5.74, 6) is -0.475. The first-order valence-electron chi connectivity index (χ1n) is 9.30. The van der Waals surface area contributed by atoms with Crippen molar-refractivity contribution in [2.45, 2.75) is 25.8 Å². The summed E-state index contributed by atoms with van der Waals surface area (Å²) in [5, 5.41) is 0. The molecule has 0 radical (unpaired) electrons. The summed E-state index contributed by atoms with van der Waals surface area (Å²) >= 11 is 0. The summed E-state index contributed by atoms with van der Waals surface area (Å²) in [6, 6.07) is 0.0835. The Balaban J connectivity index is 1.61. The van der Waals surface area contributed by atoms with Gasteiger partial charge < -0.3 is 14.4 Å². The van der Waals surface area contributed by atoms with Crippen molar-refractivity contribution in [3.8, 4) is 6.01 Å². The molecule has 2 fully saturated rings. The van der Waals surface area contributed by atoms with Gasteiger partial charge in [-0.15, -0.1) is 0 Å². The maximum absolute atomic E-state index is 12.3. The van der Waals surface area contributed by atoms with Crippen LogP contribution in [0.4, 0.5) is 5.95 Å². The monoisotopic (exact) mass is 428 g/mol. The van der Waals surface area contributed by atoms with Crippen molar-refractivity contribution < 1.29 is 27.5 Å². The minimum atomic E-state index is -3.75. The number of hydrogen-bond acceptors (Lipinski definition) is 10. The van der Waals surface area contributed by atoms with Gasteiger partial charge in [0.15, 0.2) is 5.82 Å². The van der Waals surface area contributed by atoms with Crippen LogP contribution in [0.15, 0.2) is 0 Å². The number of aromatic nitrogens is 3. The molecule has 2 aliphatic heterocycles. The molecule has 0 spiro atoms. The van der Waals surface area contributed by atoms with E-state index in [9.17, 15) is 18.0 Å². The van der Waals surface area contributed by atoms with Gasteiger partial charge in [-0.3, -0.25) is 14.5 Å². The van der Waals surface area contributed by atoms with Crippen molar-refractivity contribution in [1.82, 2.24) is 24.6 Å². The number of ether oxygens (including phenoxy) is 2. The Labute approximate surface area is 168 Å². The third kappa shape index (κ3) is 5.81. The number of amides is 2. The van der Waals surface area contributed by atoms with Crippen molar-refractivity contribution in [1.29, 1.82) is 0 Å². The normalized spacial score (nSPS) is 18.2. The third-order valence-corrected chi connectivity index (χ3v) is 5.85. The van der Waals surface area contributed by atoms with Gasteiger partial charge in [0.25, 0.3) is 0 Å². The highest BCUT2D eigenvalue weighted by molar-refractivity contribution is 7.89. The Bertz CT molecular complexity index is 841. The van der Waals surface area contributed by atoms with Crippen molar-refractivity contribution in [3.05, 3.63) is 5.82 Å². The van der Waals surface area contributed by atoms with Crippen molar-refractivity contribution >= 4 is 27.8 Å². The largest absolute Gasteiger partial charge is 0.467 e. The van der Waals surface area contributed by atoms with Gasteiger partial charge in [0.1, 0.15) is 0 Å². The van der Waals surface area contributed by atoms with Crippen LogP contribution in [0.3, 0.4) is 0 Å². The summed E-state index contributed by atoms with van der Waals surface area (Å²) in [7, 11) is -2.34. The SMILES string of the molecule is COc1nc(CNS(=O)(=O)CCN2C(=O)CCCC2=O)nc(N2CCOCC2)n1. The molecular formula is C16H24N6O6S. The molecule has 0 saturated carbocycles. The number of likely N-dealkylation sites (tertiary alicyclic amines) is 1. The lowest BCUT2D eigenvalue weighted by molar-refractivity contribution is -0.147. The second-order valence-electron chi connectivity index (χ2n) is 6.57. The highest BCUT2D eigenvalue weighted by Gasteiger charge is 2.27. The van der Waals surface area contributed by atoms with E-state index < -0.39 is 10.0 Å². The van der Waals surface area contributed by atoms with E-state index in [2.05, 4.69) is 19.7 Å². The molecule has 13 heteroatoms. The van der Waals surface area contributed by atoms with E-state index in [1.54, 1.807) is 0 Å². The van der Waals surface area contributed by atoms with Gasteiger partial charge in [0, 0.05) is 32.5 Å². The molecule has 0 atom stereocenters. The lowest BCUT2D eigenvalue weighted by Crippen LogP contribution is -2.44. The van der Waals surface area contributed by atoms with Gasteiger partial charge in [0.05, 0.1) is 32.6 Å². The van der Waals surface area contributed by atoms with Crippen LogP contribution in [0.25, 0.3) is 0 Å². The number of hydrogen-bond donors (Lipinski definition) is 1. The Kier molecular flexibility index (Phi) is 6.92. The minimum Gasteiger partial charge on any atom is -0.467 e. The Morgan fingerprint density at radius 2 is 1.79 bits per heavy atom. The molecule has 2 saturated heterocycles. The molecule has 1 aromatic rings. The summed E-state index contributed by atoms with van der Waals surface area (Å²) in [6.07, 6.45) is 1.02. The van der Waals surface area contributed by atoms with Crippen molar-refractivity contribution in [3.63, 3.8) is 0 Å². The van der Waals surface area contributed by atoms with Gasteiger partial charge in [-0.2, -0.15) is 15.0 Å². The average molecular weight is 428 g/mol. The molecule has 1 N–H and O–H groups in total. The van der Waals surface area contributed by atoms with Crippen LogP contribution in [0.2, 0.25) is 0 Å². The molecule has 0 aliphatic carbocycles. The van der Waals surface area contributed by atoms with E-state index in [1.165, 1.54) is 7.11 Å². The third-order valence-electron chi connectivity index (χ3n) is 4.54. The van der Waals surface area contributed by atoms with Crippen LogP contribution in [0.1, 0.15) is 25.1 Å². The van der Waals surface area contributed by atoms with Gasteiger partial charge in [-0.25, -0.2) is 13.1 Å². The molecule has 3 heterocycles. The number of carbonyl (C=O) groups is 2. The van der Waals surface area contributed by atoms with Crippen LogP contribution in [0, 0.1) is 0 Å². The minimum absolute atomic E-state index is 0.0835. The molecule has 29 heavy (non-hydrogen) atoms. The number of nitrogens with zero attached hydrogens (tertiary/aromatic N) is 5. The Hall–Kier alpha value is -2.38. The first-order valence-corrected chi connectivity index (χ1v) is 11.0. The molecule has 160 valence electrons. The maximum Gasteiger partial charge on any atom is 0.321 e. The van der Waals surface area contributed by atoms with Gasteiger partial charge in [-0.05, 0) is 6.42 Å². The van der Waals surface area contributed by atoms with Crippen LogP contribution >= 0.6 is 0 Å². The average Bonchev–Trinajstić information content (AvgIpc) is 2.72. The summed E-state index contributed by atoms with van der Waals surface area (Å²) in [4.78, 5) is 39.1. The number of piperidine rings is 1. The summed E-state index contributed by atoms with van der Waals surface area (Å²) in [5.41, 5.74) is 0. The van der Waals surface area contributed by atoms with E-state index in [-0.39, 0.29) is 55.3 Å². The molecular weight excluding hydrogens is 404 g/mol. The second-order valence-corrected chi connectivity index (χ2v) is 8.50. The summed E-state index contributed by atoms with van der Waals surface area (Å²) in [6.45, 7) is 1.97. The standard InChI is InChI=1S/C16H24N6O6S/c1-27-16-19-12(18-15(20-16)21-5-8-28-9-6-21)11-17-29(25,26)10-7-22-13(23)3-2-4-14(22)24/h17H,2-11H2,1H3. The highest BCUT2D eigenvalue weighted by atomic mass is 32.2. The lowest BCUT2D eigenvalue weighted by atomic mass is 10.1. The summed E-state index contributed by atoms with van der Waals surface area (Å²) < 4.78 is 37.4. The number of nitrogens with one attached hydrogen (secondary N) is 1. The predicted molar refractivity (Wildman–Crippen MR) is 101 cm³/mol. The quantitative estimate of drug-likeness (QED) is 0.495. The van der Waals surface area contributed by atoms with Crippen LogP contribution < -0.4 is 14.4 Å². The van der Waals surface area contributed by atoms with Crippen LogP contribution in [0.5, 0.6) is 6.01 Å². The maximum atomic E-state index is 12.3. The Morgan fingerprint density at radius 3 is 2.45 bits per heavy atom. The fourth-order valence-corrected chi connectivity index (χ4v) is 3.89. The number of carbonyl (C=O) groups excluding carboxylic acids is 2. The Morgan fingerprint density at radius 1 is 1.10 bits per heavy atom. The molecule has 12 nitrogen and oxygen atoms in total. The fourth-order valence-electron chi connectivity index (χ4n) is 2.97. The van der Waals surface area contributed by atoms with E-state index >= 15 is 0 Å². The zero-order chi connectivity index (χ0) is 20.9. The molecule has 0 unspecified atom stereocenters. The van der Waals surface area contributed by atoms with Gasteiger partial charge in [0.2, 0.25) is 27.8 Å². The smallest absolute Gasteiger partial charge is 0.321 e.